The van der Waals surface area contributed by atoms with E-state index < -0.39 is 6.04 Å². The standard InChI is InChI=1S/C50H32N2O/c1-2-11-33(12-3-1)34-21-26-38(27-22-34)51(47-19-10-20-48-49(47)44-30-25-36-13-4-5-14-41(36)50(44)53-48)39-28-23-35-24-29-40(32-37(35)31-39)52-45-17-8-6-15-42(45)43-16-7-9-18-46(43)52/h1-32H/i1D,2D,3D,11D,12D. The summed E-state index contributed by atoms with van der Waals surface area (Å²) < 4.78 is 50.9. The molecule has 0 N–H and O–H groups in total. The van der Waals surface area contributed by atoms with E-state index in [1.165, 1.54) is 10.8 Å². The Kier molecular flexibility index (Phi) is 5.52. The van der Waals surface area contributed by atoms with Crippen LogP contribution < -0.4 is 4.90 Å². The van der Waals surface area contributed by atoms with Crippen LogP contribution in [0.5, 0.6) is 0 Å². The zero-order valence-electron chi connectivity index (χ0n) is 33.4. The lowest BCUT2D eigenvalue weighted by atomic mass is 10.0. The highest BCUT2D eigenvalue weighted by Gasteiger charge is 2.21. The van der Waals surface area contributed by atoms with Crippen molar-refractivity contribution in [3.63, 3.8) is 0 Å². The molecule has 2 heterocycles. The number of anilines is 3. The Balaban J connectivity index is 1.13. The molecular weight excluding hydrogens is 645 g/mol. The Labute approximate surface area is 313 Å². The van der Waals surface area contributed by atoms with Gasteiger partial charge in [0.1, 0.15) is 11.2 Å². The summed E-state index contributed by atoms with van der Waals surface area (Å²) in [7, 11) is 0. The summed E-state index contributed by atoms with van der Waals surface area (Å²) in [6, 6.07) is 54.7. The first-order valence-corrected chi connectivity index (χ1v) is 17.7. The fourth-order valence-electron chi connectivity index (χ4n) is 8.02. The summed E-state index contributed by atoms with van der Waals surface area (Å²) in [6.45, 7) is 0. The highest BCUT2D eigenvalue weighted by atomic mass is 16.3. The van der Waals surface area contributed by atoms with Gasteiger partial charge in [-0.15, -0.1) is 0 Å². The van der Waals surface area contributed by atoms with Crippen LogP contribution in [0.3, 0.4) is 0 Å². The molecule has 0 spiro atoms. The van der Waals surface area contributed by atoms with Crippen LogP contribution in [0.4, 0.5) is 17.1 Å². The second-order valence-electron chi connectivity index (χ2n) is 13.4. The van der Waals surface area contributed by atoms with Crippen molar-refractivity contribution < 1.29 is 11.3 Å². The van der Waals surface area contributed by atoms with E-state index in [1.54, 1.807) is 0 Å². The average Bonchev–Trinajstić information content (AvgIpc) is 3.82. The van der Waals surface area contributed by atoms with Gasteiger partial charge in [-0.3, -0.25) is 0 Å². The number of benzene rings is 9. The Hall–Kier alpha value is -7.10. The minimum atomic E-state index is -0.410. The molecule has 0 aliphatic carbocycles. The normalized spacial score (nSPS) is 13.1. The Bertz CT molecular complexity index is 3400. The topological polar surface area (TPSA) is 21.3 Å². The van der Waals surface area contributed by atoms with E-state index in [2.05, 4.69) is 125 Å². The fraction of sp³-hybridized carbons (Fsp3) is 0. The second-order valence-corrected chi connectivity index (χ2v) is 13.4. The van der Waals surface area contributed by atoms with Crippen molar-refractivity contribution in [1.82, 2.24) is 4.57 Å². The predicted octanol–water partition coefficient (Wildman–Crippen LogP) is 14.1. The molecule has 0 aliphatic heterocycles. The van der Waals surface area contributed by atoms with Gasteiger partial charge >= 0.3 is 0 Å². The van der Waals surface area contributed by atoms with E-state index in [4.69, 9.17) is 11.3 Å². The first-order valence-electron chi connectivity index (χ1n) is 20.2. The minimum Gasteiger partial charge on any atom is -0.455 e. The van der Waals surface area contributed by atoms with Gasteiger partial charge in [-0.25, -0.2) is 0 Å². The number of hydrogen-bond donors (Lipinski definition) is 0. The molecule has 3 heteroatoms. The molecule has 11 aromatic rings. The maximum absolute atomic E-state index is 8.63. The van der Waals surface area contributed by atoms with Gasteiger partial charge in [-0.05, 0) is 94.0 Å². The van der Waals surface area contributed by atoms with Crippen LogP contribution in [0.15, 0.2) is 198 Å². The molecule has 0 amide bonds. The third kappa shape index (κ3) is 4.68. The van der Waals surface area contributed by atoms with Crippen LogP contribution in [0.1, 0.15) is 6.85 Å². The quantitative estimate of drug-likeness (QED) is 0.180. The van der Waals surface area contributed by atoms with E-state index in [0.29, 0.717) is 5.56 Å². The van der Waals surface area contributed by atoms with Crippen LogP contribution in [0.2, 0.25) is 0 Å². The average molecular weight is 682 g/mol. The number of furan rings is 1. The maximum Gasteiger partial charge on any atom is 0.143 e. The molecule has 0 atom stereocenters. The van der Waals surface area contributed by atoms with Crippen LogP contribution >= 0.6 is 0 Å². The summed E-state index contributed by atoms with van der Waals surface area (Å²) in [5, 5.41) is 8.69. The number of para-hydroxylation sites is 2. The Morgan fingerprint density at radius 2 is 1.15 bits per heavy atom. The maximum atomic E-state index is 8.63. The molecule has 53 heavy (non-hydrogen) atoms. The van der Waals surface area contributed by atoms with Crippen molar-refractivity contribution in [3.05, 3.63) is 194 Å². The van der Waals surface area contributed by atoms with Crippen molar-refractivity contribution in [2.45, 2.75) is 0 Å². The summed E-state index contributed by atoms with van der Waals surface area (Å²) >= 11 is 0. The van der Waals surface area contributed by atoms with E-state index in [-0.39, 0.29) is 29.7 Å². The van der Waals surface area contributed by atoms with E-state index in [0.717, 1.165) is 77.3 Å². The second kappa shape index (κ2) is 11.7. The first-order chi connectivity index (χ1) is 28.4. The number of rotatable bonds is 5. The largest absolute Gasteiger partial charge is 0.455 e. The monoisotopic (exact) mass is 681 g/mol. The summed E-state index contributed by atoms with van der Waals surface area (Å²) in [5.74, 6) is 0. The molecule has 3 nitrogen and oxygen atoms in total. The first kappa shape index (κ1) is 25.0. The van der Waals surface area contributed by atoms with Crippen LogP contribution in [-0.2, 0) is 0 Å². The number of aromatic nitrogens is 1. The zero-order chi connectivity index (χ0) is 39.2. The Morgan fingerprint density at radius 1 is 0.472 bits per heavy atom. The molecule has 9 aromatic carbocycles. The minimum absolute atomic E-state index is 0.169. The summed E-state index contributed by atoms with van der Waals surface area (Å²) in [5.41, 5.74) is 8.31. The molecule has 0 bridgehead atoms. The fourth-order valence-corrected chi connectivity index (χ4v) is 8.02. The SMILES string of the molecule is [2H]c1c([2H])c([2H])c(-c2ccc(N(c3ccc4ccc(-n5c6ccccc6c6ccccc65)cc4c3)c3cccc4oc5c6ccccc6ccc5c34)cc2)c([2H])c1[2H]. The van der Waals surface area contributed by atoms with Gasteiger partial charge in [-0.2, -0.15) is 0 Å². The molecule has 248 valence electrons. The van der Waals surface area contributed by atoms with Crippen molar-refractivity contribution in [1.29, 1.82) is 0 Å². The van der Waals surface area contributed by atoms with Gasteiger partial charge in [0, 0.05) is 38.6 Å². The molecule has 0 saturated heterocycles. The molecular formula is C50H32N2O. The van der Waals surface area contributed by atoms with Crippen molar-refractivity contribution in [3.8, 4) is 16.8 Å². The third-order valence-corrected chi connectivity index (χ3v) is 10.4. The number of nitrogens with zero attached hydrogens (tertiary/aromatic N) is 2. The number of hydrogen-bond acceptors (Lipinski definition) is 2. The molecule has 2 aromatic heterocycles. The van der Waals surface area contributed by atoms with Gasteiger partial charge in [-0.1, -0.05) is 127 Å². The summed E-state index contributed by atoms with van der Waals surface area (Å²) in [6.07, 6.45) is 0. The number of fused-ring (bicyclic) bond motifs is 9. The van der Waals surface area contributed by atoms with E-state index in [1.807, 2.05) is 48.5 Å². The highest BCUT2D eigenvalue weighted by molar-refractivity contribution is 6.19. The van der Waals surface area contributed by atoms with Gasteiger partial charge in [0.25, 0.3) is 0 Å². The van der Waals surface area contributed by atoms with Gasteiger partial charge in [0.15, 0.2) is 0 Å². The molecule has 0 radical (unpaired) electrons. The molecule has 0 saturated carbocycles. The van der Waals surface area contributed by atoms with Crippen molar-refractivity contribution in [2.75, 3.05) is 4.90 Å². The van der Waals surface area contributed by atoms with E-state index in [9.17, 15) is 0 Å². The lowest BCUT2D eigenvalue weighted by Crippen LogP contribution is -2.10. The van der Waals surface area contributed by atoms with Crippen molar-refractivity contribution in [2.24, 2.45) is 0 Å². The lowest BCUT2D eigenvalue weighted by molar-refractivity contribution is 0.672. The van der Waals surface area contributed by atoms with Crippen LogP contribution in [-0.4, -0.2) is 4.57 Å². The predicted molar refractivity (Wildman–Crippen MR) is 223 cm³/mol. The molecule has 0 aliphatic rings. The van der Waals surface area contributed by atoms with Crippen molar-refractivity contribution >= 4 is 82.4 Å². The van der Waals surface area contributed by atoms with Gasteiger partial charge in [0.2, 0.25) is 0 Å². The Morgan fingerprint density at radius 3 is 1.94 bits per heavy atom. The van der Waals surface area contributed by atoms with Crippen LogP contribution in [0.25, 0.3) is 82.1 Å². The molecule has 0 unspecified atom stereocenters. The third-order valence-electron chi connectivity index (χ3n) is 10.4. The van der Waals surface area contributed by atoms with E-state index >= 15 is 0 Å². The smallest absolute Gasteiger partial charge is 0.143 e. The molecule has 11 rings (SSSR count). The molecule has 0 fully saturated rings. The lowest BCUT2D eigenvalue weighted by Gasteiger charge is -2.27. The van der Waals surface area contributed by atoms with Gasteiger partial charge in [0.05, 0.1) is 29.0 Å². The summed E-state index contributed by atoms with van der Waals surface area (Å²) in [4.78, 5) is 2.21. The zero-order valence-corrected chi connectivity index (χ0v) is 28.4. The van der Waals surface area contributed by atoms with Gasteiger partial charge < -0.3 is 13.9 Å². The highest BCUT2D eigenvalue weighted by Crippen LogP contribution is 2.45. The van der Waals surface area contributed by atoms with Crippen LogP contribution in [0, 0.1) is 0 Å².